The summed E-state index contributed by atoms with van der Waals surface area (Å²) in [5.74, 6) is -0.295. The number of allylic oxidation sites excluding steroid dienone is 1. The Morgan fingerprint density at radius 2 is 2.25 bits per heavy atom. The van der Waals surface area contributed by atoms with E-state index in [4.69, 9.17) is 9.84 Å². The highest BCUT2D eigenvalue weighted by molar-refractivity contribution is 5.87. The van der Waals surface area contributed by atoms with Crippen molar-refractivity contribution in [1.82, 2.24) is 0 Å². The first kappa shape index (κ1) is 11.2. The van der Waals surface area contributed by atoms with Gasteiger partial charge in [-0.05, 0) is 13.8 Å². The fourth-order valence-corrected chi connectivity index (χ4v) is 0.502. The van der Waals surface area contributed by atoms with Crippen LogP contribution in [0.25, 0.3) is 0 Å². The molecule has 0 bridgehead atoms. The lowest BCUT2D eigenvalue weighted by molar-refractivity contribution is -0.140. The van der Waals surface area contributed by atoms with Gasteiger partial charge in [0.25, 0.3) is 0 Å². The third-order valence-electron chi connectivity index (χ3n) is 1.57. The Labute approximate surface area is 73.0 Å². The molecule has 1 N–H and O–H groups in total. The number of rotatable bonds is 4. The van der Waals surface area contributed by atoms with Gasteiger partial charge in [-0.3, -0.25) is 0 Å². The van der Waals surface area contributed by atoms with Gasteiger partial charge in [0.2, 0.25) is 0 Å². The summed E-state index contributed by atoms with van der Waals surface area (Å²) >= 11 is 0. The lowest BCUT2D eigenvalue weighted by Gasteiger charge is -2.08. The first-order chi connectivity index (χ1) is 5.61. The standard InChI is InChI=1S/C9H16O3/c1-4-8(3)9(11)12-6-7(2)5-10/h4,7,10H,5-6H2,1-3H3. The lowest BCUT2D eigenvalue weighted by atomic mass is 10.2. The summed E-state index contributed by atoms with van der Waals surface area (Å²) in [5, 5.41) is 8.64. The first-order valence-corrected chi connectivity index (χ1v) is 4.02. The summed E-state index contributed by atoms with van der Waals surface area (Å²) < 4.78 is 4.88. The highest BCUT2D eigenvalue weighted by atomic mass is 16.5. The zero-order valence-electron chi connectivity index (χ0n) is 7.83. The molecule has 0 heterocycles. The first-order valence-electron chi connectivity index (χ1n) is 4.02. The summed E-state index contributed by atoms with van der Waals surface area (Å²) in [6.45, 7) is 5.62. The number of hydrogen-bond acceptors (Lipinski definition) is 3. The quantitative estimate of drug-likeness (QED) is 0.510. The second-order valence-electron chi connectivity index (χ2n) is 2.86. The fourth-order valence-electron chi connectivity index (χ4n) is 0.502. The second-order valence-corrected chi connectivity index (χ2v) is 2.86. The van der Waals surface area contributed by atoms with Crippen LogP contribution < -0.4 is 0 Å². The summed E-state index contributed by atoms with van der Waals surface area (Å²) in [5.41, 5.74) is 0.597. The van der Waals surface area contributed by atoms with Crippen LogP contribution in [0.3, 0.4) is 0 Å². The monoisotopic (exact) mass is 172 g/mol. The molecule has 70 valence electrons. The molecule has 0 amide bonds. The smallest absolute Gasteiger partial charge is 0.333 e. The van der Waals surface area contributed by atoms with E-state index in [-0.39, 0.29) is 25.1 Å². The van der Waals surface area contributed by atoms with Crippen molar-refractivity contribution < 1.29 is 14.6 Å². The molecular formula is C9H16O3. The van der Waals surface area contributed by atoms with Gasteiger partial charge in [0.15, 0.2) is 0 Å². The van der Waals surface area contributed by atoms with Crippen LogP contribution in [0, 0.1) is 5.92 Å². The number of carbonyl (C=O) groups excluding carboxylic acids is 1. The van der Waals surface area contributed by atoms with Crippen LogP contribution in [0.2, 0.25) is 0 Å². The van der Waals surface area contributed by atoms with Gasteiger partial charge in [0.1, 0.15) is 0 Å². The van der Waals surface area contributed by atoms with E-state index in [9.17, 15) is 4.79 Å². The molecule has 0 fully saturated rings. The molecule has 0 saturated carbocycles. The van der Waals surface area contributed by atoms with E-state index in [2.05, 4.69) is 0 Å². The molecule has 0 saturated heterocycles. The second kappa shape index (κ2) is 5.77. The molecule has 1 atom stereocenters. The minimum absolute atomic E-state index is 0.0126. The molecule has 1 unspecified atom stereocenters. The maximum Gasteiger partial charge on any atom is 0.333 e. The number of carbonyl (C=O) groups is 1. The molecule has 0 aromatic rings. The predicted molar refractivity (Wildman–Crippen MR) is 46.6 cm³/mol. The Balaban J connectivity index is 3.72. The Morgan fingerprint density at radius 3 is 2.67 bits per heavy atom. The number of aliphatic hydroxyl groups excluding tert-OH is 1. The highest BCUT2D eigenvalue weighted by Crippen LogP contribution is 1.99. The van der Waals surface area contributed by atoms with E-state index in [1.165, 1.54) is 0 Å². The van der Waals surface area contributed by atoms with Gasteiger partial charge < -0.3 is 9.84 Å². The number of aliphatic hydroxyl groups is 1. The molecule has 3 heteroatoms. The van der Waals surface area contributed by atoms with E-state index in [1.807, 2.05) is 6.92 Å². The van der Waals surface area contributed by atoms with E-state index < -0.39 is 0 Å². The average molecular weight is 172 g/mol. The van der Waals surface area contributed by atoms with Crippen LogP contribution in [-0.2, 0) is 9.53 Å². The van der Waals surface area contributed by atoms with Crippen molar-refractivity contribution in [2.75, 3.05) is 13.2 Å². The molecule has 0 aromatic heterocycles. The largest absolute Gasteiger partial charge is 0.462 e. The topological polar surface area (TPSA) is 46.5 Å². The summed E-state index contributed by atoms with van der Waals surface area (Å²) in [7, 11) is 0. The van der Waals surface area contributed by atoms with E-state index in [0.29, 0.717) is 5.57 Å². The van der Waals surface area contributed by atoms with Gasteiger partial charge in [0, 0.05) is 18.1 Å². The van der Waals surface area contributed by atoms with Crippen LogP contribution in [0.1, 0.15) is 20.8 Å². The Bertz CT molecular complexity index is 173. The third kappa shape index (κ3) is 4.13. The summed E-state index contributed by atoms with van der Waals surface area (Å²) in [6, 6.07) is 0. The average Bonchev–Trinajstić information content (AvgIpc) is 2.11. The molecule has 0 radical (unpaired) electrons. The number of esters is 1. The van der Waals surface area contributed by atoms with Crippen LogP contribution in [0.5, 0.6) is 0 Å². The normalized spacial score (nSPS) is 14.2. The van der Waals surface area contributed by atoms with Gasteiger partial charge in [0.05, 0.1) is 6.61 Å². The van der Waals surface area contributed by atoms with Gasteiger partial charge >= 0.3 is 5.97 Å². The van der Waals surface area contributed by atoms with Gasteiger partial charge in [-0.25, -0.2) is 4.79 Å². The molecule has 12 heavy (non-hydrogen) atoms. The van der Waals surface area contributed by atoms with Crippen molar-refractivity contribution in [3.05, 3.63) is 11.6 Å². The Kier molecular flexibility index (Phi) is 5.37. The zero-order chi connectivity index (χ0) is 9.56. The maximum absolute atomic E-state index is 11.0. The maximum atomic E-state index is 11.0. The lowest BCUT2D eigenvalue weighted by Crippen LogP contribution is -2.14. The summed E-state index contributed by atoms with van der Waals surface area (Å²) in [6.07, 6.45) is 1.70. The molecule has 0 aliphatic heterocycles. The molecular weight excluding hydrogens is 156 g/mol. The van der Waals surface area contributed by atoms with Gasteiger partial charge in [-0.2, -0.15) is 0 Å². The van der Waals surface area contributed by atoms with Crippen molar-refractivity contribution in [3.63, 3.8) is 0 Å². The summed E-state index contributed by atoms with van der Waals surface area (Å²) in [4.78, 5) is 11.0. The SMILES string of the molecule is CC=C(C)C(=O)OCC(C)CO. The molecule has 0 aromatic carbocycles. The molecule has 0 aliphatic carbocycles. The zero-order valence-corrected chi connectivity index (χ0v) is 7.83. The Morgan fingerprint density at radius 1 is 1.67 bits per heavy atom. The van der Waals surface area contributed by atoms with Crippen molar-refractivity contribution in [2.45, 2.75) is 20.8 Å². The van der Waals surface area contributed by atoms with Crippen LogP contribution in [0.4, 0.5) is 0 Å². The fraction of sp³-hybridized carbons (Fsp3) is 0.667. The highest BCUT2D eigenvalue weighted by Gasteiger charge is 2.06. The van der Waals surface area contributed by atoms with E-state index in [1.54, 1.807) is 19.9 Å². The van der Waals surface area contributed by atoms with Crippen molar-refractivity contribution in [1.29, 1.82) is 0 Å². The van der Waals surface area contributed by atoms with Crippen LogP contribution >= 0.6 is 0 Å². The van der Waals surface area contributed by atoms with Crippen LogP contribution in [-0.4, -0.2) is 24.3 Å². The van der Waals surface area contributed by atoms with Gasteiger partial charge in [-0.15, -0.1) is 0 Å². The molecule has 3 nitrogen and oxygen atoms in total. The van der Waals surface area contributed by atoms with E-state index in [0.717, 1.165) is 0 Å². The number of ether oxygens (including phenoxy) is 1. The van der Waals surface area contributed by atoms with Crippen LogP contribution in [0.15, 0.2) is 11.6 Å². The predicted octanol–water partition coefficient (Wildman–Crippen LogP) is 1.12. The third-order valence-corrected chi connectivity index (χ3v) is 1.57. The minimum atomic E-state index is -0.308. The van der Waals surface area contributed by atoms with Crippen molar-refractivity contribution >= 4 is 5.97 Å². The van der Waals surface area contributed by atoms with Gasteiger partial charge in [-0.1, -0.05) is 13.0 Å². The minimum Gasteiger partial charge on any atom is -0.462 e. The number of hydrogen-bond donors (Lipinski definition) is 1. The molecule has 0 aliphatic rings. The van der Waals surface area contributed by atoms with Crippen molar-refractivity contribution in [3.8, 4) is 0 Å². The molecule has 0 spiro atoms. The Hall–Kier alpha value is -0.830. The molecule has 0 rings (SSSR count). The van der Waals surface area contributed by atoms with Crippen molar-refractivity contribution in [2.24, 2.45) is 5.92 Å². The van der Waals surface area contributed by atoms with E-state index >= 15 is 0 Å².